The first-order valence-corrected chi connectivity index (χ1v) is 7.17. The Balaban J connectivity index is 1.76. The number of nitrogens with one attached hydrogen (secondary N) is 1. The molecule has 2 aromatic carbocycles. The molecule has 0 fully saturated rings. The lowest BCUT2D eigenvalue weighted by Crippen LogP contribution is -2.31. The highest BCUT2D eigenvalue weighted by atomic mass is 16.5. The molecular weight excluding hydrogens is 262 g/mol. The molecule has 110 valence electrons. The Labute approximate surface area is 126 Å². The Morgan fingerprint density at radius 2 is 1.76 bits per heavy atom. The van der Waals surface area contributed by atoms with E-state index in [1.54, 1.807) is 0 Å². The second-order valence-electron chi connectivity index (χ2n) is 5.17. The zero-order valence-corrected chi connectivity index (χ0v) is 12.5. The van der Waals surface area contributed by atoms with Gasteiger partial charge in [-0.1, -0.05) is 55.5 Å². The number of hydrogen-bond acceptors (Lipinski definition) is 2. The van der Waals surface area contributed by atoms with Crippen LogP contribution in [0.2, 0.25) is 0 Å². The van der Waals surface area contributed by atoms with E-state index in [-0.39, 0.29) is 18.4 Å². The molecule has 0 saturated carbocycles. The van der Waals surface area contributed by atoms with Gasteiger partial charge in [0.1, 0.15) is 5.75 Å². The van der Waals surface area contributed by atoms with Gasteiger partial charge in [-0.3, -0.25) is 4.79 Å². The Kier molecular flexibility index (Phi) is 5.38. The number of carbonyl (C=O) groups excluding carboxylic acids is 1. The standard InChI is InChI=1S/C18H21NO2/c1-14-8-6-7-11-17(14)21-13-18(20)19-12-15(2)16-9-4-3-5-10-16/h3-11,15H,12-13H2,1-2H3,(H,19,20)/t15-/m0/s1. The molecule has 0 aliphatic carbocycles. The third-order valence-electron chi connectivity index (χ3n) is 3.43. The highest BCUT2D eigenvalue weighted by Gasteiger charge is 2.08. The maximum Gasteiger partial charge on any atom is 0.257 e. The summed E-state index contributed by atoms with van der Waals surface area (Å²) in [6, 6.07) is 17.8. The minimum atomic E-state index is -0.0963. The first-order chi connectivity index (χ1) is 10.2. The summed E-state index contributed by atoms with van der Waals surface area (Å²) in [7, 11) is 0. The highest BCUT2D eigenvalue weighted by molar-refractivity contribution is 5.77. The summed E-state index contributed by atoms with van der Waals surface area (Å²) < 4.78 is 5.52. The Hall–Kier alpha value is -2.29. The lowest BCUT2D eigenvalue weighted by molar-refractivity contribution is -0.123. The summed E-state index contributed by atoms with van der Waals surface area (Å²) in [6.45, 7) is 4.72. The summed E-state index contributed by atoms with van der Waals surface area (Å²) in [6.07, 6.45) is 0. The summed E-state index contributed by atoms with van der Waals surface area (Å²) in [5, 5.41) is 2.91. The van der Waals surface area contributed by atoms with E-state index in [4.69, 9.17) is 4.74 Å². The zero-order valence-electron chi connectivity index (χ0n) is 12.5. The third kappa shape index (κ3) is 4.63. The highest BCUT2D eigenvalue weighted by Crippen LogP contribution is 2.16. The summed E-state index contributed by atoms with van der Waals surface area (Å²) in [5.74, 6) is 0.943. The van der Waals surface area contributed by atoms with Crippen LogP contribution in [0.15, 0.2) is 54.6 Å². The van der Waals surface area contributed by atoms with Gasteiger partial charge in [-0.05, 0) is 30.0 Å². The maximum absolute atomic E-state index is 11.8. The van der Waals surface area contributed by atoms with Crippen molar-refractivity contribution in [1.82, 2.24) is 5.32 Å². The van der Waals surface area contributed by atoms with Crippen molar-refractivity contribution in [1.29, 1.82) is 0 Å². The van der Waals surface area contributed by atoms with Crippen LogP contribution < -0.4 is 10.1 Å². The van der Waals surface area contributed by atoms with Crippen molar-refractivity contribution in [3.05, 3.63) is 65.7 Å². The molecule has 0 unspecified atom stereocenters. The van der Waals surface area contributed by atoms with Crippen LogP contribution in [-0.4, -0.2) is 19.1 Å². The summed E-state index contributed by atoms with van der Waals surface area (Å²) in [4.78, 5) is 11.8. The van der Waals surface area contributed by atoms with Crippen LogP contribution in [-0.2, 0) is 4.79 Å². The number of benzene rings is 2. The number of para-hydroxylation sites is 1. The minimum absolute atomic E-state index is 0.0480. The van der Waals surface area contributed by atoms with Crippen molar-refractivity contribution in [2.75, 3.05) is 13.2 Å². The first-order valence-electron chi connectivity index (χ1n) is 7.17. The van der Waals surface area contributed by atoms with Gasteiger partial charge < -0.3 is 10.1 Å². The predicted molar refractivity (Wildman–Crippen MR) is 84.5 cm³/mol. The molecule has 0 bridgehead atoms. The van der Waals surface area contributed by atoms with Crippen molar-refractivity contribution >= 4 is 5.91 Å². The van der Waals surface area contributed by atoms with Crippen molar-refractivity contribution in [2.45, 2.75) is 19.8 Å². The molecule has 1 amide bonds. The predicted octanol–water partition coefficient (Wildman–Crippen LogP) is 3.29. The average molecular weight is 283 g/mol. The molecule has 1 N–H and O–H groups in total. The van der Waals surface area contributed by atoms with E-state index in [1.807, 2.05) is 49.4 Å². The number of carbonyl (C=O) groups is 1. The van der Waals surface area contributed by atoms with Crippen molar-refractivity contribution in [3.63, 3.8) is 0 Å². The monoisotopic (exact) mass is 283 g/mol. The van der Waals surface area contributed by atoms with Crippen molar-refractivity contribution < 1.29 is 9.53 Å². The molecule has 21 heavy (non-hydrogen) atoms. The number of hydrogen-bond donors (Lipinski definition) is 1. The van der Waals surface area contributed by atoms with E-state index in [0.29, 0.717) is 6.54 Å². The summed E-state index contributed by atoms with van der Waals surface area (Å²) >= 11 is 0. The lowest BCUT2D eigenvalue weighted by Gasteiger charge is -2.14. The number of rotatable bonds is 6. The van der Waals surface area contributed by atoms with Crippen LogP contribution in [0.3, 0.4) is 0 Å². The van der Waals surface area contributed by atoms with Crippen LogP contribution >= 0.6 is 0 Å². The Bertz CT molecular complexity index is 581. The molecule has 0 radical (unpaired) electrons. The van der Waals surface area contributed by atoms with Crippen LogP contribution in [0.4, 0.5) is 0 Å². The van der Waals surface area contributed by atoms with E-state index >= 15 is 0 Å². The van der Waals surface area contributed by atoms with Gasteiger partial charge in [0.05, 0.1) is 0 Å². The maximum atomic E-state index is 11.8. The van der Waals surface area contributed by atoms with Gasteiger partial charge in [-0.25, -0.2) is 0 Å². The largest absolute Gasteiger partial charge is 0.484 e. The second kappa shape index (κ2) is 7.48. The fourth-order valence-electron chi connectivity index (χ4n) is 2.08. The molecule has 0 saturated heterocycles. The van der Waals surface area contributed by atoms with Crippen LogP contribution in [0.5, 0.6) is 5.75 Å². The van der Waals surface area contributed by atoms with Gasteiger partial charge in [-0.2, -0.15) is 0 Å². The smallest absolute Gasteiger partial charge is 0.257 e. The van der Waals surface area contributed by atoms with E-state index < -0.39 is 0 Å². The molecular formula is C18H21NO2. The summed E-state index contributed by atoms with van der Waals surface area (Å²) in [5.41, 5.74) is 2.25. The van der Waals surface area contributed by atoms with E-state index in [0.717, 1.165) is 11.3 Å². The van der Waals surface area contributed by atoms with Crippen molar-refractivity contribution in [2.24, 2.45) is 0 Å². The molecule has 1 atom stereocenters. The van der Waals surface area contributed by atoms with Crippen LogP contribution in [0.1, 0.15) is 24.0 Å². The van der Waals surface area contributed by atoms with Crippen molar-refractivity contribution in [3.8, 4) is 5.75 Å². The van der Waals surface area contributed by atoms with Gasteiger partial charge >= 0.3 is 0 Å². The van der Waals surface area contributed by atoms with Gasteiger partial charge in [-0.15, -0.1) is 0 Å². The number of aryl methyl sites for hydroxylation is 1. The lowest BCUT2D eigenvalue weighted by atomic mass is 10.0. The van der Waals surface area contributed by atoms with Gasteiger partial charge in [0.2, 0.25) is 0 Å². The molecule has 0 heterocycles. The van der Waals surface area contributed by atoms with Crippen LogP contribution in [0, 0.1) is 6.92 Å². The van der Waals surface area contributed by atoms with Gasteiger partial charge in [0, 0.05) is 6.54 Å². The SMILES string of the molecule is Cc1ccccc1OCC(=O)NC[C@H](C)c1ccccc1. The fraction of sp³-hybridized carbons (Fsp3) is 0.278. The van der Waals surface area contributed by atoms with Crippen LogP contribution in [0.25, 0.3) is 0 Å². The topological polar surface area (TPSA) is 38.3 Å². The average Bonchev–Trinajstić information content (AvgIpc) is 2.52. The zero-order chi connectivity index (χ0) is 15.1. The van der Waals surface area contributed by atoms with Gasteiger partial charge in [0.15, 0.2) is 6.61 Å². The molecule has 3 nitrogen and oxygen atoms in total. The molecule has 2 rings (SSSR count). The first kappa shape index (κ1) is 15.1. The normalized spacial score (nSPS) is 11.7. The quantitative estimate of drug-likeness (QED) is 0.883. The molecule has 0 aliphatic rings. The Morgan fingerprint density at radius 1 is 1.10 bits per heavy atom. The molecule has 0 aromatic heterocycles. The fourth-order valence-corrected chi connectivity index (χ4v) is 2.08. The van der Waals surface area contributed by atoms with E-state index in [9.17, 15) is 4.79 Å². The number of amides is 1. The number of ether oxygens (including phenoxy) is 1. The molecule has 2 aromatic rings. The second-order valence-corrected chi connectivity index (χ2v) is 5.17. The Morgan fingerprint density at radius 3 is 2.48 bits per heavy atom. The minimum Gasteiger partial charge on any atom is -0.484 e. The molecule has 0 aliphatic heterocycles. The third-order valence-corrected chi connectivity index (χ3v) is 3.43. The molecule has 3 heteroatoms. The van der Waals surface area contributed by atoms with E-state index in [1.165, 1.54) is 5.56 Å². The molecule has 0 spiro atoms. The van der Waals surface area contributed by atoms with E-state index in [2.05, 4.69) is 24.4 Å². The van der Waals surface area contributed by atoms with Gasteiger partial charge in [0.25, 0.3) is 5.91 Å².